The minimum atomic E-state index is -0.782. The van der Waals surface area contributed by atoms with Gasteiger partial charge in [-0.15, -0.1) is 0 Å². The summed E-state index contributed by atoms with van der Waals surface area (Å²) in [5.74, 6) is -2.05. The van der Waals surface area contributed by atoms with E-state index in [1.807, 2.05) is 4.90 Å². The third-order valence-electron chi connectivity index (χ3n) is 3.75. The van der Waals surface area contributed by atoms with Gasteiger partial charge in [0.05, 0.1) is 12.1 Å². The summed E-state index contributed by atoms with van der Waals surface area (Å²) in [6, 6.07) is 3.99. The number of ketones is 1. The molecule has 3 nitrogen and oxygen atoms in total. The smallest absolute Gasteiger partial charge is 0.182 e. The van der Waals surface area contributed by atoms with Crippen LogP contribution in [0.2, 0.25) is 0 Å². The lowest BCUT2D eigenvalue weighted by Crippen LogP contribution is -2.50. The van der Waals surface area contributed by atoms with Gasteiger partial charge < -0.3 is 0 Å². The molecule has 0 unspecified atom stereocenters. The maximum absolute atomic E-state index is 13.5. The standard InChI is InChI=1S/C15H20F2N2O/c1-11(2)19-8-6-18(7-9-19)10-14(20)15-12(16)4-3-5-13(15)17/h3-5,11H,6-10H2,1-2H3. The first-order valence-electron chi connectivity index (χ1n) is 6.92. The zero-order chi connectivity index (χ0) is 14.7. The molecule has 5 heteroatoms. The summed E-state index contributed by atoms with van der Waals surface area (Å²) < 4.78 is 27.1. The molecule has 0 atom stereocenters. The Morgan fingerprint density at radius 3 is 2.20 bits per heavy atom. The summed E-state index contributed by atoms with van der Waals surface area (Å²) in [6.07, 6.45) is 0. The second-order valence-corrected chi connectivity index (χ2v) is 5.43. The predicted octanol–water partition coefficient (Wildman–Crippen LogP) is 2.17. The Labute approximate surface area is 118 Å². The largest absolute Gasteiger partial charge is 0.298 e. The molecule has 1 aliphatic heterocycles. The molecule has 1 fully saturated rings. The van der Waals surface area contributed by atoms with E-state index in [1.165, 1.54) is 6.07 Å². The van der Waals surface area contributed by atoms with E-state index in [2.05, 4.69) is 18.7 Å². The van der Waals surface area contributed by atoms with Crippen molar-refractivity contribution in [3.63, 3.8) is 0 Å². The highest BCUT2D eigenvalue weighted by Gasteiger charge is 2.23. The number of piperazine rings is 1. The molecule has 0 aromatic heterocycles. The monoisotopic (exact) mass is 282 g/mol. The van der Waals surface area contributed by atoms with Crippen LogP contribution in [0.4, 0.5) is 8.78 Å². The maximum Gasteiger partial charge on any atom is 0.182 e. The summed E-state index contributed by atoms with van der Waals surface area (Å²) in [6.45, 7) is 7.60. The van der Waals surface area contributed by atoms with Crippen LogP contribution in [0.15, 0.2) is 18.2 Å². The number of carbonyl (C=O) groups is 1. The molecule has 1 saturated heterocycles. The van der Waals surface area contributed by atoms with E-state index in [0.29, 0.717) is 6.04 Å². The second kappa shape index (κ2) is 6.41. The van der Waals surface area contributed by atoms with Crippen molar-refractivity contribution in [3.8, 4) is 0 Å². The normalized spacial score (nSPS) is 17.6. The van der Waals surface area contributed by atoms with Gasteiger partial charge in [0, 0.05) is 32.2 Å². The Balaban J connectivity index is 1.96. The Kier molecular flexibility index (Phi) is 4.83. The number of halogens is 2. The first-order chi connectivity index (χ1) is 9.49. The topological polar surface area (TPSA) is 23.6 Å². The van der Waals surface area contributed by atoms with E-state index >= 15 is 0 Å². The summed E-state index contributed by atoms with van der Waals surface area (Å²) >= 11 is 0. The Bertz CT molecular complexity index is 463. The highest BCUT2D eigenvalue weighted by molar-refractivity contribution is 5.98. The van der Waals surface area contributed by atoms with Crippen molar-refractivity contribution in [2.24, 2.45) is 0 Å². The summed E-state index contributed by atoms with van der Waals surface area (Å²) in [4.78, 5) is 16.3. The summed E-state index contributed by atoms with van der Waals surface area (Å²) in [5.41, 5.74) is -0.418. The minimum absolute atomic E-state index is 0.0732. The van der Waals surface area contributed by atoms with E-state index in [0.717, 1.165) is 38.3 Å². The van der Waals surface area contributed by atoms with Gasteiger partial charge in [-0.2, -0.15) is 0 Å². The number of hydrogen-bond acceptors (Lipinski definition) is 3. The van der Waals surface area contributed by atoms with Gasteiger partial charge in [-0.05, 0) is 26.0 Å². The quantitative estimate of drug-likeness (QED) is 0.791. The molecule has 0 amide bonds. The zero-order valence-corrected chi connectivity index (χ0v) is 11.9. The van der Waals surface area contributed by atoms with Crippen molar-refractivity contribution >= 4 is 5.78 Å². The third-order valence-corrected chi connectivity index (χ3v) is 3.75. The average Bonchev–Trinajstić information content (AvgIpc) is 2.39. The van der Waals surface area contributed by atoms with Gasteiger partial charge in [-0.3, -0.25) is 14.6 Å². The number of rotatable bonds is 4. The van der Waals surface area contributed by atoms with Gasteiger partial charge in [-0.1, -0.05) is 6.07 Å². The third kappa shape index (κ3) is 3.41. The second-order valence-electron chi connectivity index (χ2n) is 5.43. The molecule has 1 heterocycles. The molecule has 1 aliphatic rings. The molecule has 0 spiro atoms. The molecule has 0 aliphatic carbocycles. The average molecular weight is 282 g/mol. The molecule has 0 N–H and O–H groups in total. The van der Waals surface area contributed by atoms with E-state index in [-0.39, 0.29) is 6.54 Å². The van der Waals surface area contributed by atoms with Crippen LogP contribution in [0.5, 0.6) is 0 Å². The van der Waals surface area contributed by atoms with Crippen LogP contribution >= 0.6 is 0 Å². The Morgan fingerprint density at radius 2 is 1.70 bits per heavy atom. The fourth-order valence-corrected chi connectivity index (χ4v) is 2.48. The van der Waals surface area contributed by atoms with E-state index < -0.39 is 23.0 Å². The van der Waals surface area contributed by atoms with Gasteiger partial charge in [0.1, 0.15) is 11.6 Å². The van der Waals surface area contributed by atoms with Crippen molar-refractivity contribution in [2.45, 2.75) is 19.9 Å². The molecule has 1 aromatic carbocycles. The maximum atomic E-state index is 13.5. The Hall–Kier alpha value is -1.33. The lowest BCUT2D eigenvalue weighted by Gasteiger charge is -2.36. The van der Waals surface area contributed by atoms with E-state index in [1.54, 1.807) is 0 Å². The van der Waals surface area contributed by atoms with Crippen molar-refractivity contribution in [2.75, 3.05) is 32.7 Å². The summed E-state index contributed by atoms with van der Waals surface area (Å²) in [5, 5.41) is 0. The van der Waals surface area contributed by atoms with Crippen LogP contribution in [0, 0.1) is 11.6 Å². The van der Waals surface area contributed by atoms with Gasteiger partial charge in [0.25, 0.3) is 0 Å². The van der Waals surface area contributed by atoms with Crippen LogP contribution in [0.1, 0.15) is 24.2 Å². The SMILES string of the molecule is CC(C)N1CCN(CC(=O)c2c(F)cccc2F)CC1. The fourth-order valence-electron chi connectivity index (χ4n) is 2.48. The van der Waals surface area contributed by atoms with Gasteiger partial charge in [0.2, 0.25) is 0 Å². The lowest BCUT2D eigenvalue weighted by molar-refractivity contribution is 0.0800. The number of carbonyl (C=O) groups excluding carboxylic acids is 1. The molecule has 0 saturated carbocycles. The first-order valence-corrected chi connectivity index (χ1v) is 6.92. The zero-order valence-electron chi connectivity index (χ0n) is 11.9. The van der Waals surface area contributed by atoms with Crippen LogP contribution < -0.4 is 0 Å². The van der Waals surface area contributed by atoms with Crippen LogP contribution in [-0.2, 0) is 0 Å². The molecule has 110 valence electrons. The van der Waals surface area contributed by atoms with Gasteiger partial charge >= 0.3 is 0 Å². The molecular weight excluding hydrogens is 262 g/mol. The van der Waals surface area contributed by atoms with Crippen molar-refractivity contribution in [1.29, 1.82) is 0 Å². The highest BCUT2D eigenvalue weighted by Crippen LogP contribution is 2.14. The summed E-state index contributed by atoms with van der Waals surface area (Å²) in [7, 11) is 0. The van der Waals surface area contributed by atoms with Crippen LogP contribution in [0.3, 0.4) is 0 Å². The minimum Gasteiger partial charge on any atom is -0.298 e. The highest BCUT2D eigenvalue weighted by atomic mass is 19.1. The van der Waals surface area contributed by atoms with Gasteiger partial charge in [0.15, 0.2) is 5.78 Å². The lowest BCUT2D eigenvalue weighted by atomic mass is 10.1. The van der Waals surface area contributed by atoms with Gasteiger partial charge in [-0.25, -0.2) is 8.78 Å². The predicted molar refractivity (Wildman–Crippen MR) is 73.8 cm³/mol. The Morgan fingerprint density at radius 1 is 1.15 bits per heavy atom. The van der Waals surface area contributed by atoms with E-state index in [4.69, 9.17) is 0 Å². The molecule has 0 radical (unpaired) electrons. The molecule has 20 heavy (non-hydrogen) atoms. The van der Waals surface area contributed by atoms with Crippen molar-refractivity contribution < 1.29 is 13.6 Å². The first kappa shape index (κ1) is 15.1. The number of nitrogens with zero attached hydrogens (tertiary/aromatic N) is 2. The van der Waals surface area contributed by atoms with Crippen molar-refractivity contribution in [3.05, 3.63) is 35.4 Å². The number of benzene rings is 1. The van der Waals surface area contributed by atoms with E-state index in [9.17, 15) is 13.6 Å². The van der Waals surface area contributed by atoms with Crippen molar-refractivity contribution in [1.82, 2.24) is 9.80 Å². The molecule has 0 bridgehead atoms. The fraction of sp³-hybridized carbons (Fsp3) is 0.533. The number of Topliss-reactive ketones (excluding diaryl/α,β-unsaturated/α-hetero) is 1. The number of hydrogen-bond donors (Lipinski definition) is 0. The molecule has 1 aromatic rings. The molecule has 2 rings (SSSR count). The molecular formula is C15H20F2N2O. The van der Waals surface area contributed by atoms with Crippen LogP contribution in [0.25, 0.3) is 0 Å². The van der Waals surface area contributed by atoms with Crippen LogP contribution in [-0.4, -0.2) is 54.3 Å².